The Labute approximate surface area is 198 Å². The Hall–Kier alpha value is -2.47. The lowest BCUT2D eigenvalue weighted by Crippen LogP contribution is -2.46. The standard InChI is InChI=1S/C21H28N6O4S.ClH/c1-4-6-18-23-14(3)19-21(28)24-20(25-27(18)19)16-13-15(7-8-17(16)31-5-2)32(29,30)26-11-9-22-10-12-26;/h7-8,13,22H,4-6,9-12H2,1-3H3,(H,24,25,28);1H. The minimum atomic E-state index is -3.69. The predicted molar refractivity (Wildman–Crippen MR) is 128 cm³/mol. The second kappa shape index (κ2) is 10.2. The molecule has 33 heavy (non-hydrogen) atoms. The van der Waals surface area contributed by atoms with E-state index in [0.717, 1.165) is 6.42 Å². The highest BCUT2D eigenvalue weighted by molar-refractivity contribution is 7.89. The molecule has 3 aromatic rings. The average molecular weight is 497 g/mol. The van der Waals surface area contributed by atoms with E-state index < -0.39 is 10.0 Å². The highest BCUT2D eigenvalue weighted by Crippen LogP contribution is 2.31. The van der Waals surface area contributed by atoms with Crippen LogP contribution in [0.1, 0.15) is 31.8 Å². The van der Waals surface area contributed by atoms with Gasteiger partial charge in [-0.1, -0.05) is 6.92 Å². The van der Waals surface area contributed by atoms with E-state index >= 15 is 0 Å². The van der Waals surface area contributed by atoms with E-state index in [-0.39, 0.29) is 28.7 Å². The first-order valence-corrected chi connectivity index (χ1v) is 12.3. The van der Waals surface area contributed by atoms with Crippen molar-refractivity contribution in [2.45, 2.75) is 38.5 Å². The highest BCUT2D eigenvalue weighted by Gasteiger charge is 2.27. The molecule has 4 rings (SSSR count). The molecule has 0 unspecified atom stereocenters. The molecule has 10 nitrogen and oxygen atoms in total. The lowest BCUT2D eigenvalue weighted by molar-refractivity contribution is 0.341. The van der Waals surface area contributed by atoms with Crippen LogP contribution in [-0.4, -0.2) is 65.1 Å². The fourth-order valence-electron chi connectivity index (χ4n) is 3.91. The van der Waals surface area contributed by atoms with Gasteiger partial charge in [-0.3, -0.25) is 4.79 Å². The van der Waals surface area contributed by atoms with Gasteiger partial charge in [0.25, 0.3) is 5.56 Å². The molecule has 180 valence electrons. The number of hydrogen-bond acceptors (Lipinski definition) is 7. The zero-order valence-corrected chi connectivity index (χ0v) is 20.6. The SMILES string of the molecule is CCCc1nc(C)c2c(=O)[nH]c(-c3cc(S(=O)(=O)N4CCNCC4)ccc3OCC)nn12.Cl. The molecule has 0 aliphatic carbocycles. The number of nitrogens with one attached hydrogen (secondary N) is 2. The minimum Gasteiger partial charge on any atom is -0.493 e. The minimum absolute atomic E-state index is 0. The number of piperazine rings is 1. The molecule has 0 saturated carbocycles. The first-order valence-electron chi connectivity index (χ1n) is 10.8. The number of fused-ring (bicyclic) bond motifs is 1. The summed E-state index contributed by atoms with van der Waals surface area (Å²) in [6.45, 7) is 8.05. The van der Waals surface area contributed by atoms with Gasteiger partial charge in [0.05, 0.1) is 22.8 Å². The van der Waals surface area contributed by atoms with Gasteiger partial charge in [-0.25, -0.2) is 17.9 Å². The Morgan fingerprint density at radius 2 is 1.91 bits per heavy atom. The first kappa shape index (κ1) is 25.2. The van der Waals surface area contributed by atoms with Crippen molar-refractivity contribution in [2.75, 3.05) is 32.8 Å². The van der Waals surface area contributed by atoms with Crippen LogP contribution in [-0.2, 0) is 16.4 Å². The van der Waals surface area contributed by atoms with Crippen molar-refractivity contribution in [2.24, 2.45) is 0 Å². The van der Waals surface area contributed by atoms with Gasteiger partial charge in [0.15, 0.2) is 11.3 Å². The molecule has 0 atom stereocenters. The quantitative estimate of drug-likeness (QED) is 0.511. The molecule has 12 heteroatoms. The number of sulfonamides is 1. The van der Waals surface area contributed by atoms with Crippen molar-refractivity contribution in [3.8, 4) is 17.1 Å². The van der Waals surface area contributed by atoms with Crippen LogP contribution >= 0.6 is 12.4 Å². The van der Waals surface area contributed by atoms with Gasteiger partial charge in [-0.2, -0.15) is 4.31 Å². The van der Waals surface area contributed by atoms with Gasteiger partial charge < -0.3 is 15.0 Å². The van der Waals surface area contributed by atoms with Crippen molar-refractivity contribution < 1.29 is 13.2 Å². The number of aromatic nitrogens is 4. The second-order valence-electron chi connectivity index (χ2n) is 7.67. The van der Waals surface area contributed by atoms with Crippen LogP contribution in [0.3, 0.4) is 0 Å². The third kappa shape index (κ3) is 4.77. The molecule has 0 radical (unpaired) electrons. The van der Waals surface area contributed by atoms with Gasteiger partial charge in [-0.05, 0) is 38.5 Å². The van der Waals surface area contributed by atoms with E-state index in [0.29, 0.717) is 67.6 Å². The predicted octanol–water partition coefficient (Wildman–Crippen LogP) is 1.76. The average Bonchev–Trinajstić information content (AvgIpc) is 3.10. The summed E-state index contributed by atoms with van der Waals surface area (Å²) in [5, 5.41) is 7.78. The van der Waals surface area contributed by atoms with Gasteiger partial charge in [0.1, 0.15) is 11.6 Å². The van der Waals surface area contributed by atoms with Gasteiger partial charge >= 0.3 is 0 Å². The molecular formula is C21H29ClN6O4S. The van der Waals surface area contributed by atoms with Gasteiger partial charge in [-0.15, -0.1) is 17.5 Å². The number of halogens is 1. The summed E-state index contributed by atoms with van der Waals surface area (Å²) < 4.78 is 35.2. The molecule has 1 aliphatic rings. The number of rotatable bonds is 7. The third-order valence-corrected chi connectivity index (χ3v) is 7.33. The lowest BCUT2D eigenvalue weighted by Gasteiger charge is -2.26. The molecule has 0 bridgehead atoms. The number of ether oxygens (including phenoxy) is 1. The number of imidazole rings is 1. The van der Waals surface area contributed by atoms with Gasteiger partial charge in [0, 0.05) is 32.6 Å². The zero-order valence-electron chi connectivity index (χ0n) is 18.9. The Balaban J connectivity index is 0.00000306. The molecular weight excluding hydrogens is 468 g/mol. The molecule has 1 saturated heterocycles. The summed E-state index contributed by atoms with van der Waals surface area (Å²) in [7, 11) is -3.69. The number of H-pyrrole nitrogens is 1. The molecule has 2 N–H and O–H groups in total. The Morgan fingerprint density at radius 1 is 1.18 bits per heavy atom. The number of aromatic amines is 1. The van der Waals surface area contributed by atoms with Crippen LogP contribution in [0.15, 0.2) is 27.9 Å². The van der Waals surface area contributed by atoms with Crippen molar-refractivity contribution in [3.63, 3.8) is 0 Å². The molecule has 1 aromatic carbocycles. The Morgan fingerprint density at radius 3 is 2.58 bits per heavy atom. The molecule has 2 aromatic heterocycles. The Bertz CT molecular complexity index is 1300. The number of benzene rings is 1. The van der Waals surface area contributed by atoms with Crippen molar-refractivity contribution in [3.05, 3.63) is 40.1 Å². The zero-order chi connectivity index (χ0) is 22.9. The summed E-state index contributed by atoms with van der Waals surface area (Å²) in [5.41, 5.74) is 1.07. The van der Waals surface area contributed by atoms with Crippen LogP contribution in [0.2, 0.25) is 0 Å². The fraction of sp³-hybridized carbons (Fsp3) is 0.476. The third-order valence-electron chi connectivity index (χ3n) is 5.44. The lowest BCUT2D eigenvalue weighted by atomic mass is 10.2. The molecule has 0 amide bonds. The topological polar surface area (TPSA) is 122 Å². The summed E-state index contributed by atoms with van der Waals surface area (Å²) in [6.07, 6.45) is 1.52. The van der Waals surface area contributed by atoms with Crippen molar-refractivity contribution in [1.29, 1.82) is 0 Å². The smallest absolute Gasteiger partial charge is 0.277 e. The second-order valence-corrected chi connectivity index (χ2v) is 9.61. The molecule has 1 aliphatic heterocycles. The van der Waals surface area contributed by atoms with E-state index in [9.17, 15) is 13.2 Å². The Kier molecular flexibility index (Phi) is 7.78. The monoisotopic (exact) mass is 496 g/mol. The van der Waals surface area contributed by atoms with E-state index in [1.54, 1.807) is 17.5 Å². The maximum atomic E-state index is 13.2. The molecule has 0 spiro atoms. The van der Waals surface area contributed by atoms with E-state index in [4.69, 9.17) is 4.74 Å². The van der Waals surface area contributed by atoms with Crippen LogP contribution in [0, 0.1) is 6.92 Å². The maximum Gasteiger partial charge on any atom is 0.277 e. The van der Waals surface area contributed by atoms with Gasteiger partial charge in [0.2, 0.25) is 10.0 Å². The number of aryl methyl sites for hydroxylation is 2. The van der Waals surface area contributed by atoms with E-state index in [1.807, 2.05) is 13.8 Å². The summed E-state index contributed by atoms with van der Waals surface area (Å²) in [6, 6.07) is 4.67. The highest BCUT2D eigenvalue weighted by atomic mass is 35.5. The van der Waals surface area contributed by atoms with Crippen molar-refractivity contribution in [1.82, 2.24) is 29.2 Å². The first-order chi connectivity index (χ1) is 15.4. The fourth-order valence-corrected chi connectivity index (χ4v) is 5.38. The van der Waals surface area contributed by atoms with E-state index in [1.165, 1.54) is 16.4 Å². The van der Waals surface area contributed by atoms with Crippen LogP contribution in [0.25, 0.3) is 16.9 Å². The number of hydrogen-bond donors (Lipinski definition) is 2. The van der Waals surface area contributed by atoms with Crippen LogP contribution in [0.5, 0.6) is 5.75 Å². The summed E-state index contributed by atoms with van der Waals surface area (Å²) in [4.78, 5) is 20.3. The van der Waals surface area contributed by atoms with Crippen LogP contribution in [0.4, 0.5) is 0 Å². The largest absolute Gasteiger partial charge is 0.493 e. The summed E-state index contributed by atoms with van der Waals surface area (Å²) in [5.74, 6) is 1.37. The summed E-state index contributed by atoms with van der Waals surface area (Å²) >= 11 is 0. The van der Waals surface area contributed by atoms with Crippen molar-refractivity contribution >= 4 is 27.9 Å². The van der Waals surface area contributed by atoms with E-state index in [2.05, 4.69) is 20.4 Å². The normalized spacial score (nSPS) is 14.9. The molecule has 3 heterocycles. The maximum absolute atomic E-state index is 13.2. The van der Waals surface area contributed by atoms with Crippen LogP contribution < -0.4 is 15.6 Å². The molecule has 1 fully saturated rings. The number of nitrogens with zero attached hydrogens (tertiary/aromatic N) is 4.